The lowest BCUT2D eigenvalue weighted by Crippen LogP contribution is -2.49. The van der Waals surface area contributed by atoms with Crippen LogP contribution in [0.5, 0.6) is 11.5 Å². The molecule has 0 aromatic heterocycles. The van der Waals surface area contributed by atoms with Gasteiger partial charge in [-0.3, -0.25) is 4.90 Å². The van der Waals surface area contributed by atoms with Crippen LogP contribution >= 0.6 is 0 Å². The van der Waals surface area contributed by atoms with Gasteiger partial charge in [-0.15, -0.1) is 0 Å². The predicted octanol–water partition coefficient (Wildman–Crippen LogP) is 3.36. The summed E-state index contributed by atoms with van der Waals surface area (Å²) < 4.78 is 10.5. The quantitative estimate of drug-likeness (QED) is 0.878. The zero-order chi connectivity index (χ0) is 19.2. The molecular weight excluding hydrogens is 342 g/mol. The summed E-state index contributed by atoms with van der Waals surface area (Å²) in [7, 11) is 3.17. The van der Waals surface area contributed by atoms with E-state index in [-0.39, 0.29) is 6.03 Å². The first-order valence-electron chi connectivity index (χ1n) is 9.15. The molecule has 1 saturated heterocycles. The lowest BCUT2D eigenvalue weighted by molar-refractivity contribution is 0.143. The van der Waals surface area contributed by atoms with Gasteiger partial charge in [-0.05, 0) is 24.6 Å². The number of nitrogens with one attached hydrogen (secondary N) is 1. The Morgan fingerprint density at radius 3 is 2.41 bits per heavy atom. The van der Waals surface area contributed by atoms with Crippen LogP contribution in [-0.4, -0.2) is 56.2 Å². The number of ether oxygens (including phenoxy) is 2. The topological polar surface area (TPSA) is 54.0 Å². The maximum atomic E-state index is 12.6. The molecule has 1 aliphatic rings. The minimum Gasteiger partial charge on any atom is -0.493 e. The van der Waals surface area contributed by atoms with Crippen molar-refractivity contribution in [2.75, 3.05) is 45.7 Å². The molecule has 0 spiro atoms. The van der Waals surface area contributed by atoms with Crippen molar-refractivity contribution in [3.05, 3.63) is 53.6 Å². The number of nitrogens with zero attached hydrogens (tertiary/aromatic N) is 2. The van der Waals surface area contributed by atoms with Crippen molar-refractivity contribution < 1.29 is 14.3 Å². The summed E-state index contributed by atoms with van der Waals surface area (Å²) in [5.74, 6) is 1.23. The summed E-state index contributed by atoms with van der Waals surface area (Å²) in [6.45, 7) is 6.20. The first kappa shape index (κ1) is 19.0. The van der Waals surface area contributed by atoms with Gasteiger partial charge in [0.1, 0.15) is 0 Å². The molecule has 0 atom stereocenters. The molecule has 0 unspecified atom stereocenters. The van der Waals surface area contributed by atoms with Crippen molar-refractivity contribution in [1.82, 2.24) is 9.80 Å². The number of anilines is 1. The van der Waals surface area contributed by atoms with E-state index in [0.717, 1.165) is 19.6 Å². The Labute approximate surface area is 160 Å². The summed E-state index contributed by atoms with van der Waals surface area (Å²) in [5, 5.41) is 2.94. The third-order valence-corrected chi connectivity index (χ3v) is 4.78. The summed E-state index contributed by atoms with van der Waals surface area (Å²) in [6.07, 6.45) is 0. The van der Waals surface area contributed by atoms with Crippen molar-refractivity contribution in [3.8, 4) is 11.5 Å². The van der Waals surface area contributed by atoms with Crippen LogP contribution in [0.15, 0.2) is 42.5 Å². The molecule has 2 aromatic carbocycles. The fraction of sp³-hybridized carbons (Fsp3) is 0.381. The van der Waals surface area contributed by atoms with Gasteiger partial charge in [-0.25, -0.2) is 4.79 Å². The van der Waals surface area contributed by atoms with E-state index in [1.54, 1.807) is 26.4 Å². The molecule has 0 saturated carbocycles. The highest BCUT2D eigenvalue weighted by Crippen LogP contribution is 2.29. The fourth-order valence-corrected chi connectivity index (χ4v) is 3.29. The molecule has 6 heteroatoms. The molecule has 0 bridgehead atoms. The molecule has 1 N–H and O–H groups in total. The number of benzene rings is 2. The van der Waals surface area contributed by atoms with Gasteiger partial charge in [0.2, 0.25) is 0 Å². The minimum absolute atomic E-state index is 0.0857. The second kappa shape index (κ2) is 8.77. The molecule has 1 heterocycles. The van der Waals surface area contributed by atoms with Gasteiger partial charge in [0.15, 0.2) is 11.5 Å². The van der Waals surface area contributed by atoms with Gasteiger partial charge in [-0.2, -0.15) is 0 Å². The Hall–Kier alpha value is -2.73. The number of carbonyl (C=O) groups is 1. The van der Waals surface area contributed by atoms with Crippen LogP contribution < -0.4 is 14.8 Å². The predicted molar refractivity (Wildman–Crippen MR) is 107 cm³/mol. The van der Waals surface area contributed by atoms with Crippen LogP contribution in [0.2, 0.25) is 0 Å². The molecule has 0 radical (unpaired) electrons. The summed E-state index contributed by atoms with van der Waals surface area (Å²) >= 11 is 0. The lowest BCUT2D eigenvalue weighted by atomic mass is 10.1. The van der Waals surface area contributed by atoms with Gasteiger partial charge in [0.25, 0.3) is 0 Å². The number of hydrogen-bond donors (Lipinski definition) is 1. The molecule has 3 rings (SSSR count). The van der Waals surface area contributed by atoms with E-state index < -0.39 is 0 Å². The Morgan fingerprint density at radius 1 is 1.00 bits per heavy atom. The van der Waals surface area contributed by atoms with E-state index in [2.05, 4.69) is 41.4 Å². The molecule has 2 amide bonds. The number of urea groups is 1. The third kappa shape index (κ3) is 4.92. The normalized spacial score (nSPS) is 14.7. The SMILES string of the molecule is COc1ccc(NC(=O)N2CCN(Cc3cccc(C)c3)CC2)cc1OC. The highest BCUT2D eigenvalue weighted by molar-refractivity contribution is 5.89. The van der Waals surface area contributed by atoms with E-state index in [4.69, 9.17) is 9.47 Å². The minimum atomic E-state index is -0.0857. The summed E-state index contributed by atoms with van der Waals surface area (Å²) in [6, 6.07) is 13.9. The van der Waals surface area contributed by atoms with Gasteiger partial charge < -0.3 is 19.7 Å². The van der Waals surface area contributed by atoms with Crippen molar-refractivity contribution in [3.63, 3.8) is 0 Å². The van der Waals surface area contributed by atoms with Gasteiger partial charge in [0.05, 0.1) is 14.2 Å². The van der Waals surface area contributed by atoms with Gasteiger partial charge >= 0.3 is 6.03 Å². The second-order valence-corrected chi connectivity index (χ2v) is 6.75. The number of hydrogen-bond acceptors (Lipinski definition) is 4. The zero-order valence-corrected chi connectivity index (χ0v) is 16.2. The number of aryl methyl sites for hydroxylation is 1. The molecule has 1 fully saturated rings. The number of rotatable bonds is 5. The highest BCUT2D eigenvalue weighted by Gasteiger charge is 2.21. The maximum absolute atomic E-state index is 12.6. The summed E-state index contributed by atoms with van der Waals surface area (Å²) in [4.78, 5) is 16.8. The highest BCUT2D eigenvalue weighted by atomic mass is 16.5. The Morgan fingerprint density at radius 2 is 1.74 bits per heavy atom. The Kier molecular flexibility index (Phi) is 6.19. The fourth-order valence-electron chi connectivity index (χ4n) is 3.29. The lowest BCUT2D eigenvalue weighted by Gasteiger charge is -2.34. The first-order valence-corrected chi connectivity index (χ1v) is 9.15. The van der Waals surface area contributed by atoms with Gasteiger partial charge in [-0.1, -0.05) is 29.8 Å². The Balaban J connectivity index is 1.52. The van der Waals surface area contributed by atoms with Gasteiger partial charge in [0, 0.05) is 44.5 Å². The molecule has 27 heavy (non-hydrogen) atoms. The molecule has 6 nitrogen and oxygen atoms in total. The van der Waals surface area contributed by atoms with E-state index in [9.17, 15) is 4.79 Å². The number of carbonyl (C=O) groups excluding carboxylic acids is 1. The molecular formula is C21H27N3O3. The molecule has 144 valence electrons. The summed E-state index contributed by atoms with van der Waals surface area (Å²) in [5.41, 5.74) is 3.29. The zero-order valence-electron chi connectivity index (χ0n) is 16.2. The largest absolute Gasteiger partial charge is 0.493 e. The third-order valence-electron chi connectivity index (χ3n) is 4.78. The van der Waals surface area contributed by atoms with E-state index in [1.165, 1.54) is 11.1 Å². The van der Waals surface area contributed by atoms with Crippen molar-refractivity contribution >= 4 is 11.7 Å². The van der Waals surface area contributed by atoms with Crippen molar-refractivity contribution in [2.24, 2.45) is 0 Å². The van der Waals surface area contributed by atoms with Crippen LogP contribution in [-0.2, 0) is 6.54 Å². The standard InChI is InChI=1S/C21H27N3O3/c1-16-5-4-6-17(13-16)15-23-9-11-24(12-10-23)21(25)22-18-7-8-19(26-2)20(14-18)27-3/h4-8,13-14H,9-12,15H2,1-3H3,(H,22,25). The van der Waals surface area contributed by atoms with Crippen LogP contribution in [0.3, 0.4) is 0 Å². The second-order valence-electron chi connectivity index (χ2n) is 6.75. The maximum Gasteiger partial charge on any atom is 0.321 e. The monoisotopic (exact) mass is 369 g/mol. The van der Waals surface area contributed by atoms with Crippen molar-refractivity contribution in [1.29, 1.82) is 0 Å². The van der Waals surface area contributed by atoms with Crippen LogP contribution in [0.25, 0.3) is 0 Å². The van der Waals surface area contributed by atoms with E-state index >= 15 is 0 Å². The first-order chi connectivity index (χ1) is 13.1. The van der Waals surface area contributed by atoms with Crippen LogP contribution in [0.4, 0.5) is 10.5 Å². The van der Waals surface area contributed by atoms with E-state index in [1.807, 2.05) is 11.0 Å². The molecule has 1 aliphatic heterocycles. The average Bonchev–Trinajstić information content (AvgIpc) is 2.68. The number of amides is 2. The van der Waals surface area contributed by atoms with Crippen LogP contribution in [0.1, 0.15) is 11.1 Å². The molecule has 0 aliphatic carbocycles. The van der Waals surface area contributed by atoms with Crippen molar-refractivity contribution in [2.45, 2.75) is 13.5 Å². The number of piperazine rings is 1. The molecule has 2 aromatic rings. The smallest absolute Gasteiger partial charge is 0.321 e. The number of methoxy groups -OCH3 is 2. The van der Waals surface area contributed by atoms with Crippen LogP contribution in [0, 0.1) is 6.92 Å². The Bertz CT molecular complexity index is 786. The van der Waals surface area contributed by atoms with E-state index in [0.29, 0.717) is 30.3 Å². The average molecular weight is 369 g/mol.